The lowest BCUT2D eigenvalue weighted by atomic mass is 9.87. The first-order chi connectivity index (χ1) is 11.2. The van der Waals surface area contributed by atoms with E-state index >= 15 is 0 Å². The van der Waals surface area contributed by atoms with Gasteiger partial charge in [0.25, 0.3) is 0 Å². The van der Waals surface area contributed by atoms with E-state index < -0.39 is 5.54 Å². The van der Waals surface area contributed by atoms with Crippen molar-refractivity contribution in [3.05, 3.63) is 53.9 Å². The van der Waals surface area contributed by atoms with Crippen LogP contribution >= 0.6 is 12.4 Å². The Labute approximate surface area is 149 Å². The summed E-state index contributed by atoms with van der Waals surface area (Å²) in [5.74, 6) is 0.0785. The molecule has 0 spiro atoms. The summed E-state index contributed by atoms with van der Waals surface area (Å²) >= 11 is 0. The van der Waals surface area contributed by atoms with Gasteiger partial charge in [0.1, 0.15) is 5.54 Å². The maximum atomic E-state index is 12.9. The van der Waals surface area contributed by atoms with Gasteiger partial charge in [0.05, 0.1) is 0 Å². The van der Waals surface area contributed by atoms with E-state index in [1.807, 2.05) is 16.9 Å². The first-order valence-corrected chi connectivity index (χ1v) is 8.25. The monoisotopic (exact) mass is 348 g/mol. The lowest BCUT2D eigenvalue weighted by molar-refractivity contribution is -0.131. The predicted octanol–water partition coefficient (Wildman–Crippen LogP) is 2.05. The topological polar surface area (TPSA) is 59.0 Å². The Morgan fingerprint density at radius 2 is 2.00 bits per heavy atom. The molecule has 1 aliphatic rings. The molecule has 2 N–H and O–H groups in total. The number of aromatic nitrogens is 2. The average molecular weight is 349 g/mol. The molecule has 1 aromatic heterocycles. The molecule has 1 aliphatic heterocycles. The van der Waals surface area contributed by atoms with Crippen LogP contribution in [0.1, 0.15) is 24.0 Å². The Balaban J connectivity index is 0.00000208. The fraction of sp³-hybridized carbons (Fsp3) is 0.444. The lowest BCUT2D eigenvalue weighted by Gasteiger charge is -2.36. The van der Waals surface area contributed by atoms with Crippen molar-refractivity contribution in [2.75, 3.05) is 19.6 Å². The number of halogens is 1. The second-order valence-corrected chi connectivity index (χ2v) is 6.22. The average Bonchev–Trinajstić information content (AvgIpc) is 3.12. The zero-order valence-corrected chi connectivity index (χ0v) is 14.8. The standard InChI is InChI=1S/C18H24N4O.ClH/c1-15-3-5-16(6-4-15)7-11-20-17(23)18(8-12-19-13-9-18)22-14-2-10-21-22;/h2-6,10,14,19H,7-9,11-13H2,1H3,(H,20,23);1H. The van der Waals surface area contributed by atoms with E-state index in [9.17, 15) is 4.79 Å². The normalized spacial score (nSPS) is 16.2. The van der Waals surface area contributed by atoms with Gasteiger partial charge < -0.3 is 10.6 Å². The van der Waals surface area contributed by atoms with Gasteiger partial charge in [-0.3, -0.25) is 9.48 Å². The highest BCUT2D eigenvalue weighted by atomic mass is 35.5. The van der Waals surface area contributed by atoms with Gasteiger partial charge in [-0.05, 0) is 50.9 Å². The van der Waals surface area contributed by atoms with Crippen LogP contribution in [0.15, 0.2) is 42.7 Å². The summed E-state index contributed by atoms with van der Waals surface area (Å²) in [6.45, 7) is 4.41. The number of piperidine rings is 1. The van der Waals surface area contributed by atoms with E-state index in [1.54, 1.807) is 6.20 Å². The van der Waals surface area contributed by atoms with Crippen LogP contribution < -0.4 is 10.6 Å². The summed E-state index contributed by atoms with van der Waals surface area (Å²) < 4.78 is 1.83. The molecule has 0 unspecified atom stereocenters. The maximum Gasteiger partial charge on any atom is 0.248 e. The number of amides is 1. The van der Waals surface area contributed by atoms with E-state index in [0.29, 0.717) is 6.54 Å². The van der Waals surface area contributed by atoms with Crippen molar-refractivity contribution in [2.45, 2.75) is 31.7 Å². The van der Waals surface area contributed by atoms with Gasteiger partial charge in [0.2, 0.25) is 5.91 Å². The SMILES string of the molecule is Cc1ccc(CCNC(=O)C2(n3cccn3)CCNCC2)cc1.Cl. The van der Waals surface area contributed by atoms with Crippen molar-refractivity contribution in [3.63, 3.8) is 0 Å². The van der Waals surface area contributed by atoms with Crippen LogP contribution in [0, 0.1) is 6.92 Å². The number of hydrogen-bond donors (Lipinski definition) is 2. The fourth-order valence-corrected chi connectivity index (χ4v) is 3.16. The summed E-state index contributed by atoms with van der Waals surface area (Å²) in [6, 6.07) is 10.3. The summed E-state index contributed by atoms with van der Waals surface area (Å²) in [4.78, 5) is 12.9. The highest BCUT2D eigenvalue weighted by Gasteiger charge is 2.41. The van der Waals surface area contributed by atoms with E-state index in [-0.39, 0.29) is 18.3 Å². The Morgan fingerprint density at radius 3 is 2.62 bits per heavy atom. The summed E-state index contributed by atoms with van der Waals surface area (Å²) in [7, 11) is 0. The van der Waals surface area contributed by atoms with Crippen LogP contribution in [-0.4, -0.2) is 35.3 Å². The minimum atomic E-state index is -0.554. The molecule has 0 atom stereocenters. The van der Waals surface area contributed by atoms with Crippen molar-refractivity contribution in [3.8, 4) is 0 Å². The van der Waals surface area contributed by atoms with Gasteiger partial charge in [-0.1, -0.05) is 29.8 Å². The van der Waals surface area contributed by atoms with Crippen molar-refractivity contribution >= 4 is 18.3 Å². The zero-order valence-electron chi connectivity index (χ0n) is 14.0. The third-order valence-electron chi connectivity index (χ3n) is 4.62. The number of carbonyl (C=O) groups is 1. The number of rotatable bonds is 5. The largest absolute Gasteiger partial charge is 0.354 e. The minimum Gasteiger partial charge on any atom is -0.354 e. The minimum absolute atomic E-state index is 0. The molecule has 24 heavy (non-hydrogen) atoms. The number of nitrogens with zero attached hydrogens (tertiary/aromatic N) is 2. The highest BCUT2D eigenvalue weighted by Crippen LogP contribution is 2.27. The first kappa shape index (κ1) is 18.5. The van der Waals surface area contributed by atoms with E-state index in [1.165, 1.54) is 11.1 Å². The number of carbonyl (C=O) groups excluding carboxylic acids is 1. The molecule has 1 fully saturated rings. The molecule has 130 valence electrons. The van der Waals surface area contributed by atoms with Crippen molar-refractivity contribution in [1.82, 2.24) is 20.4 Å². The second kappa shape index (κ2) is 8.31. The van der Waals surface area contributed by atoms with E-state index in [2.05, 4.69) is 46.9 Å². The number of hydrogen-bond acceptors (Lipinski definition) is 3. The maximum absolute atomic E-state index is 12.9. The van der Waals surface area contributed by atoms with Gasteiger partial charge >= 0.3 is 0 Å². The van der Waals surface area contributed by atoms with Gasteiger partial charge in [-0.25, -0.2) is 0 Å². The molecule has 3 rings (SSSR count). The molecular formula is C18H25ClN4O. The molecule has 0 bridgehead atoms. The van der Waals surface area contributed by atoms with E-state index in [0.717, 1.165) is 32.4 Å². The van der Waals surface area contributed by atoms with Crippen LogP contribution in [0.2, 0.25) is 0 Å². The Bertz CT molecular complexity index is 634. The zero-order chi connectivity index (χ0) is 16.1. The van der Waals surface area contributed by atoms with Crippen LogP contribution in [-0.2, 0) is 16.8 Å². The number of aryl methyl sites for hydroxylation is 1. The first-order valence-electron chi connectivity index (χ1n) is 8.25. The van der Waals surface area contributed by atoms with Crippen molar-refractivity contribution in [2.24, 2.45) is 0 Å². The van der Waals surface area contributed by atoms with Gasteiger partial charge in [-0.15, -0.1) is 12.4 Å². The highest BCUT2D eigenvalue weighted by molar-refractivity contribution is 5.85. The fourth-order valence-electron chi connectivity index (χ4n) is 3.16. The van der Waals surface area contributed by atoms with Gasteiger partial charge in [0, 0.05) is 18.9 Å². The molecule has 1 saturated heterocycles. The molecule has 0 aliphatic carbocycles. The van der Waals surface area contributed by atoms with Gasteiger partial charge in [-0.2, -0.15) is 5.10 Å². The molecule has 2 aromatic rings. The van der Waals surface area contributed by atoms with Crippen molar-refractivity contribution in [1.29, 1.82) is 0 Å². The van der Waals surface area contributed by atoms with Gasteiger partial charge in [0.15, 0.2) is 0 Å². The third kappa shape index (κ3) is 3.97. The molecule has 1 aromatic carbocycles. The predicted molar refractivity (Wildman–Crippen MR) is 97.4 cm³/mol. The molecule has 2 heterocycles. The molecule has 6 heteroatoms. The quantitative estimate of drug-likeness (QED) is 0.869. The Hall–Kier alpha value is -1.85. The van der Waals surface area contributed by atoms with Crippen LogP contribution in [0.5, 0.6) is 0 Å². The van der Waals surface area contributed by atoms with E-state index in [4.69, 9.17) is 0 Å². The molecule has 1 amide bonds. The molecule has 0 radical (unpaired) electrons. The van der Waals surface area contributed by atoms with Crippen LogP contribution in [0.3, 0.4) is 0 Å². The summed E-state index contributed by atoms with van der Waals surface area (Å²) in [5, 5.41) is 10.8. The van der Waals surface area contributed by atoms with Crippen molar-refractivity contribution < 1.29 is 4.79 Å². The Morgan fingerprint density at radius 1 is 1.29 bits per heavy atom. The molecular weight excluding hydrogens is 324 g/mol. The smallest absolute Gasteiger partial charge is 0.248 e. The second-order valence-electron chi connectivity index (χ2n) is 6.22. The lowest BCUT2D eigenvalue weighted by Crippen LogP contribution is -2.54. The summed E-state index contributed by atoms with van der Waals surface area (Å²) in [5.41, 5.74) is 1.95. The number of benzene rings is 1. The molecule has 5 nitrogen and oxygen atoms in total. The molecule has 0 saturated carbocycles. The summed E-state index contributed by atoms with van der Waals surface area (Å²) in [6.07, 6.45) is 6.02. The van der Waals surface area contributed by atoms with Crippen LogP contribution in [0.25, 0.3) is 0 Å². The number of nitrogens with one attached hydrogen (secondary N) is 2. The third-order valence-corrected chi connectivity index (χ3v) is 4.62. The van der Waals surface area contributed by atoms with Crippen LogP contribution in [0.4, 0.5) is 0 Å². The Kier molecular flexibility index (Phi) is 6.40.